The summed E-state index contributed by atoms with van der Waals surface area (Å²) < 4.78 is 10.9. The molecule has 3 rings (SSSR count). The average Bonchev–Trinajstić information content (AvgIpc) is 3.07. The lowest BCUT2D eigenvalue weighted by molar-refractivity contribution is -0.125. The van der Waals surface area contributed by atoms with E-state index < -0.39 is 0 Å². The van der Waals surface area contributed by atoms with E-state index in [1.165, 1.54) is 11.1 Å². The number of ether oxygens (including phenoxy) is 1. The van der Waals surface area contributed by atoms with Gasteiger partial charge in [-0.3, -0.25) is 14.5 Å². The lowest BCUT2D eigenvalue weighted by Gasteiger charge is -2.26. The van der Waals surface area contributed by atoms with E-state index in [2.05, 4.69) is 42.4 Å². The zero-order valence-corrected chi connectivity index (χ0v) is 17.5. The average molecular weight is 402 g/mol. The van der Waals surface area contributed by atoms with Crippen LogP contribution in [0.25, 0.3) is 11.0 Å². The van der Waals surface area contributed by atoms with Crippen molar-refractivity contribution in [3.8, 4) is 0 Å². The number of benzene rings is 1. The lowest BCUT2D eigenvalue weighted by Crippen LogP contribution is -2.43. The summed E-state index contributed by atoms with van der Waals surface area (Å²) in [6, 6.07) is 4.13. The van der Waals surface area contributed by atoms with Crippen LogP contribution < -0.4 is 10.6 Å². The summed E-state index contributed by atoms with van der Waals surface area (Å²) in [7, 11) is 0. The summed E-state index contributed by atoms with van der Waals surface area (Å²) in [4.78, 5) is 26.5. The molecule has 0 spiro atoms. The molecule has 2 heterocycles. The van der Waals surface area contributed by atoms with E-state index in [-0.39, 0.29) is 24.8 Å². The first-order chi connectivity index (χ1) is 13.9. The fraction of sp³-hybridized carbons (Fsp3) is 0.545. The number of nitrogens with zero attached hydrogens (tertiary/aromatic N) is 1. The van der Waals surface area contributed by atoms with Crippen molar-refractivity contribution in [1.29, 1.82) is 0 Å². The van der Waals surface area contributed by atoms with Gasteiger partial charge in [0.2, 0.25) is 11.8 Å². The molecule has 7 nitrogen and oxygen atoms in total. The number of aryl methyl sites for hydroxylation is 1. The van der Waals surface area contributed by atoms with Gasteiger partial charge in [0.15, 0.2) is 0 Å². The van der Waals surface area contributed by atoms with Crippen molar-refractivity contribution in [2.45, 2.75) is 33.1 Å². The van der Waals surface area contributed by atoms with E-state index in [0.717, 1.165) is 49.4 Å². The molecule has 0 atom stereocenters. The topological polar surface area (TPSA) is 83.8 Å². The highest BCUT2D eigenvalue weighted by Crippen LogP contribution is 2.29. The van der Waals surface area contributed by atoms with E-state index in [1.807, 2.05) is 6.07 Å². The van der Waals surface area contributed by atoms with Gasteiger partial charge in [-0.15, -0.1) is 0 Å². The Labute approximate surface area is 171 Å². The van der Waals surface area contributed by atoms with Crippen molar-refractivity contribution in [3.05, 3.63) is 35.1 Å². The van der Waals surface area contributed by atoms with Crippen LogP contribution in [0.5, 0.6) is 0 Å². The Morgan fingerprint density at radius 1 is 1.14 bits per heavy atom. The summed E-state index contributed by atoms with van der Waals surface area (Å²) in [6.45, 7) is 11.0. The minimum Gasteiger partial charge on any atom is -0.464 e. The van der Waals surface area contributed by atoms with Gasteiger partial charge in [0, 0.05) is 37.1 Å². The summed E-state index contributed by atoms with van der Waals surface area (Å²) >= 11 is 0. The molecule has 0 saturated carbocycles. The monoisotopic (exact) mass is 401 g/mol. The Hall–Kier alpha value is -2.38. The summed E-state index contributed by atoms with van der Waals surface area (Å²) in [5, 5.41) is 6.50. The van der Waals surface area contributed by atoms with Crippen LogP contribution in [-0.4, -0.2) is 62.7 Å². The molecule has 1 aromatic carbocycles. The number of carbonyl (C=O) groups excluding carboxylic acids is 2. The SMILES string of the molecule is Cc1cc2occ(CC(=O)NCC(=O)NCCN3CCOCC3)c2cc1C(C)C. The van der Waals surface area contributed by atoms with Gasteiger partial charge in [-0.2, -0.15) is 0 Å². The highest BCUT2D eigenvalue weighted by atomic mass is 16.5. The van der Waals surface area contributed by atoms with Crippen LogP contribution in [0.2, 0.25) is 0 Å². The normalized spacial score (nSPS) is 15.0. The van der Waals surface area contributed by atoms with Gasteiger partial charge in [-0.1, -0.05) is 13.8 Å². The first-order valence-corrected chi connectivity index (χ1v) is 10.3. The van der Waals surface area contributed by atoms with Crippen LogP contribution in [0.1, 0.15) is 36.5 Å². The highest BCUT2D eigenvalue weighted by molar-refractivity contribution is 5.90. The van der Waals surface area contributed by atoms with Crippen molar-refractivity contribution >= 4 is 22.8 Å². The van der Waals surface area contributed by atoms with Crippen LogP contribution in [0.3, 0.4) is 0 Å². The van der Waals surface area contributed by atoms with Crippen molar-refractivity contribution in [3.63, 3.8) is 0 Å². The predicted molar refractivity (Wildman–Crippen MR) is 112 cm³/mol. The molecule has 0 bridgehead atoms. The van der Waals surface area contributed by atoms with Gasteiger partial charge in [-0.05, 0) is 36.1 Å². The molecule has 0 aliphatic carbocycles. The molecule has 2 N–H and O–H groups in total. The number of furan rings is 1. The Balaban J connectivity index is 1.46. The Morgan fingerprint density at radius 3 is 2.62 bits per heavy atom. The fourth-order valence-corrected chi connectivity index (χ4v) is 3.66. The first-order valence-electron chi connectivity index (χ1n) is 10.3. The van der Waals surface area contributed by atoms with Crippen LogP contribution in [0.15, 0.2) is 22.8 Å². The number of nitrogens with one attached hydrogen (secondary N) is 2. The van der Waals surface area contributed by atoms with Crippen LogP contribution in [0, 0.1) is 6.92 Å². The third-order valence-corrected chi connectivity index (χ3v) is 5.32. The van der Waals surface area contributed by atoms with Crippen molar-refractivity contribution in [2.24, 2.45) is 0 Å². The predicted octanol–water partition coefficient (Wildman–Crippen LogP) is 1.97. The maximum absolute atomic E-state index is 12.3. The van der Waals surface area contributed by atoms with E-state index in [4.69, 9.17) is 9.15 Å². The van der Waals surface area contributed by atoms with Crippen LogP contribution >= 0.6 is 0 Å². The first kappa shape index (κ1) is 21.3. The van der Waals surface area contributed by atoms with Gasteiger partial charge in [-0.25, -0.2) is 0 Å². The number of hydrogen-bond acceptors (Lipinski definition) is 5. The number of carbonyl (C=O) groups is 2. The number of fused-ring (bicyclic) bond motifs is 1. The number of amides is 2. The molecule has 1 aliphatic heterocycles. The molecular formula is C22H31N3O4. The molecule has 1 fully saturated rings. The van der Waals surface area contributed by atoms with E-state index in [9.17, 15) is 9.59 Å². The number of rotatable bonds is 8. The molecule has 1 aromatic heterocycles. The van der Waals surface area contributed by atoms with E-state index in [1.54, 1.807) is 6.26 Å². The third kappa shape index (κ3) is 5.81. The molecule has 1 aliphatic rings. The molecule has 158 valence electrons. The number of hydrogen-bond donors (Lipinski definition) is 2. The maximum Gasteiger partial charge on any atom is 0.239 e. The van der Waals surface area contributed by atoms with E-state index >= 15 is 0 Å². The molecule has 29 heavy (non-hydrogen) atoms. The fourth-order valence-electron chi connectivity index (χ4n) is 3.66. The molecule has 7 heteroatoms. The second-order valence-corrected chi connectivity index (χ2v) is 7.88. The van der Waals surface area contributed by atoms with Gasteiger partial charge < -0.3 is 19.8 Å². The molecular weight excluding hydrogens is 370 g/mol. The zero-order chi connectivity index (χ0) is 20.8. The zero-order valence-electron chi connectivity index (χ0n) is 17.5. The second kappa shape index (κ2) is 9.89. The second-order valence-electron chi connectivity index (χ2n) is 7.88. The molecule has 0 radical (unpaired) electrons. The molecule has 2 aromatic rings. The standard InChI is InChI=1S/C22H31N3O4/c1-15(2)18-12-19-17(14-29-20(19)10-16(18)3)11-21(26)24-13-22(27)23-4-5-25-6-8-28-9-7-25/h10,12,14-15H,4-9,11,13H2,1-3H3,(H,23,27)(H,24,26). The smallest absolute Gasteiger partial charge is 0.239 e. The van der Waals surface area contributed by atoms with Crippen molar-refractivity contribution in [1.82, 2.24) is 15.5 Å². The minimum absolute atomic E-state index is 0.0198. The van der Waals surface area contributed by atoms with Crippen molar-refractivity contribution in [2.75, 3.05) is 45.9 Å². The molecule has 0 unspecified atom stereocenters. The van der Waals surface area contributed by atoms with Gasteiger partial charge >= 0.3 is 0 Å². The van der Waals surface area contributed by atoms with Crippen LogP contribution in [0.4, 0.5) is 0 Å². The van der Waals surface area contributed by atoms with Gasteiger partial charge in [0.05, 0.1) is 32.4 Å². The van der Waals surface area contributed by atoms with Crippen LogP contribution in [-0.2, 0) is 20.7 Å². The Kier molecular flexibility index (Phi) is 7.28. The van der Waals surface area contributed by atoms with Gasteiger partial charge in [0.1, 0.15) is 5.58 Å². The Bertz CT molecular complexity index is 853. The van der Waals surface area contributed by atoms with Crippen molar-refractivity contribution < 1.29 is 18.7 Å². The molecule has 2 amide bonds. The summed E-state index contributed by atoms with van der Waals surface area (Å²) in [5.41, 5.74) is 4.06. The highest BCUT2D eigenvalue weighted by Gasteiger charge is 2.15. The third-order valence-electron chi connectivity index (χ3n) is 5.32. The lowest BCUT2D eigenvalue weighted by atomic mass is 9.95. The van der Waals surface area contributed by atoms with E-state index in [0.29, 0.717) is 12.5 Å². The van der Waals surface area contributed by atoms with Gasteiger partial charge in [0.25, 0.3) is 0 Å². The largest absolute Gasteiger partial charge is 0.464 e. The molecule has 1 saturated heterocycles. The minimum atomic E-state index is -0.192. The Morgan fingerprint density at radius 2 is 1.90 bits per heavy atom. The summed E-state index contributed by atoms with van der Waals surface area (Å²) in [6.07, 6.45) is 1.82. The maximum atomic E-state index is 12.3. The quantitative estimate of drug-likeness (QED) is 0.707. The summed E-state index contributed by atoms with van der Waals surface area (Å²) in [5.74, 6) is 0.0289. The number of morpholine rings is 1.